The van der Waals surface area contributed by atoms with E-state index in [4.69, 9.17) is 11.6 Å². The summed E-state index contributed by atoms with van der Waals surface area (Å²) in [6.45, 7) is 1.65. The van der Waals surface area contributed by atoms with Crippen LogP contribution in [0.5, 0.6) is 0 Å². The molecule has 2 heterocycles. The van der Waals surface area contributed by atoms with Crippen LogP contribution in [0.3, 0.4) is 0 Å². The predicted octanol–water partition coefficient (Wildman–Crippen LogP) is 4.28. The summed E-state index contributed by atoms with van der Waals surface area (Å²) in [5.41, 5.74) is -1.10. The van der Waals surface area contributed by atoms with E-state index in [-0.39, 0.29) is 22.8 Å². The highest BCUT2D eigenvalue weighted by molar-refractivity contribution is 6.39. The van der Waals surface area contributed by atoms with Gasteiger partial charge in [-0.1, -0.05) is 11.6 Å². The molecule has 0 saturated heterocycles. The van der Waals surface area contributed by atoms with Crippen molar-refractivity contribution in [2.75, 3.05) is 10.2 Å². The van der Waals surface area contributed by atoms with Crippen molar-refractivity contribution in [3.05, 3.63) is 46.5 Å². The number of aromatic nitrogens is 3. The highest BCUT2D eigenvalue weighted by Crippen LogP contribution is 2.35. The van der Waals surface area contributed by atoms with Gasteiger partial charge < -0.3 is 5.32 Å². The van der Waals surface area contributed by atoms with Gasteiger partial charge in [0.05, 0.1) is 33.6 Å². The average molecular weight is 430 g/mol. The number of aryl methyl sites for hydroxylation is 2. The van der Waals surface area contributed by atoms with E-state index in [1.165, 1.54) is 4.68 Å². The summed E-state index contributed by atoms with van der Waals surface area (Å²) in [7, 11) is 1.63. The second-order valence-corrected chi connectivity index (χ2v) is 6.34. The molecule has 1 aromatic carbocycles. The minimum Gasteiger partial charge on any atom is -0.307 e. The number of carbonyl (C=O) groups is 2. The van der Waals surface area contributed by atoms with Gasteiger partial charge >= 0.3 is 12.2 Å². The molecule has 0 aliphatic carbocycles. The molecule has 0 saturated carbocycles. The molecule has 152 valence electrons. The molecule has 0 bridgehead atoms. The van der Waals surface area contributed by atoms with Crippen LogP contribution >= 0.6 is 11.6 Å². The minimum atomic E-state index is -4.95. The maximum absolute atomic E-state index is 13.4. The lowest BCUT2D eigenvalue weighted by molar-refractivity contribution is -0.139. The summed E-state index contributed by atoms with van der Waals surface area (Å²) in [5.74, 6) is -1.49. The molecule has 0 radical (unpaired) electrons. The number of hydrogen-bond donors (Lipinski definition) is 1. The van der Waals surface area contributed by atoms with Gasteiger partial charge in [-0.15, -0.1) is 0 Å². The van der Waals surface area contributed by atoms with Gasteiger partial charge in [-0.2, -0.15) is 18.3 Å². The summed E-state index contributed by atoms with van der Waals surface area (Å²) in [6, 6.07) is 0.803. The molecule has 3 rings (SSSR count). The summed E-state index contributed by atoms with van der Waals surface area (Å²) in [6.07, 6.45) is -3.67. The molecule has 0 aliphatic heterocycles. The summed E-state index contributed by atoms with van der Waals surface area (Å²) in [4.78, 5) is 28.6. The Bertz CT molecular complexity index is 1130. The van der Waals surface area contributed by atoms with Crippen molar-refractivity contribution < 1.29 is 27.2 Å². The molecule has 3 aromatic rings. The van der Waals surface area contributed by atoms with Crippen molar-refractivity contribution in [1.29, 1.82) is 0 Å². The van der Waals surface area contributed by atoms with Gasteiger partial charge in [0, 0.05) is 12.7 Å². The van der Waals surface area contributed by atoms with Gasteiger partial charge in [-0.3, -0.25) is 9.48 Å². The van der Waals surface area contributed by atoms with Crippen molar-refractivity contribution in [1.82, 2.24) is 14.8 Å². The van der Waals surface area contributed by atoms with E-state index in [0.29, 0.717) is 33.8 Å². The molecule has 29 heavy (non-hydrogen) atoms. The first-order chi connectivity index (χ1) is 13.5. The number of urea groups is 1. The quantitative estimate of drug-likeness (QED) is 0.497. The fourth-order valence-corrected chi connectivity index (χ4v) is 3.11. The molecule has 0 atom stereocenters. The average Bonchev–Trinajstić information content (AvgIpc) is 2.92. The Kier molecular flexibility index (Phi) is 5.18. The summed E-state index contributed by atoms with van der Waals surface area (Å²) in [5, 5.41) is 6.68. The molecule has 2 aromatic heterocycles. The van der Waals surface area contributed by atoms with Gasteiger partial charge in [0.1, 0.15) is 5.82 Å². The monoisotopic (exact) mass is 429 g/mol. The predicted molar refractivity (Wildman–Crippen MR) is 97.2 cm³/mol. The second-order valence-electron chi connectivity index (χ2n) is 5.96. The zero-order valence-corrected chi connectivity index (χ0v) is 15.6. The van der Waals surface area contributed by atoms with Crippen LogP contribution in [-0.4, -0.2) is 27.2 Å². The third kappa shape index (κ3) is 3.73. The van der Waals surface area contributed by atoms with Crippen molar-refractivity contribution >= 4 is 46.5 Å². The van der Waals surface area contributed by atoms with Gasteiger partial charge in [0.15, 0.2) is 5.65 Å². The molecule has 3 amide bonds. The first kappa shape index (κ1) is 20.5. The number of benzene rings is 1. The fraction of sp³-hybridized carbons (Fsp3) is 0.176. The number of alkyl halides is 3. The lowest BCUT2D eigenvalue weighted by Crippen LogP contribution is -2.34. The van der Waals surface area contributed by atoms with Crippen molar-refractivity contribution in [2.24, 2.45) is 7.05 Å². The van der Waals surface area contributed by atoms with Crippen LogP contribution in [0.25, 0.3) is 11.0 Å². The molecule has 0 spiro atoms. The van der Waals surface area contributed by atoms with Crippen molar-refractivity contribution in [3.8, 4) is 0 Å². The minimum absolute atomic E-state index is 0.0120. The molecule has 7 nitrogen and oxygen atoms in total. The van der Waals surface area contributed by atoms with Crippen LogP contribution in [0.15, 0.2) is 24.4 Å². The van der Waals surface area contributed by atoms with Gasteiger partial charge in [0.25, 0.3) is 0 Å². The third-order valence-electron chi connectivity index (χ3n) is 4.05. The Balaban J connectivity index is 1.97. The largest absolute Gasteiger partial charge is 0.419 e. The van der Waals surface area contributed by atoms with E-state index in [0.717, 1.165) is 12.3 Å². The summed E-state index contributed by atoms with van der Waals surface area (Å²) >= 11 is 6.31. The number of rotatable bonds is 3. The normalized spacial score (nSPS) is 11.6. The molecule has 12 heteroatoms. The number of fused-ring (bicyclic) bond motifs is 1. The van der Waals surface area contributed by atoms with Crippen LogP contribution in [0.2, 0.25) is 5.02 Å². The van der Waals surface area contributed by atoms with Crippen LogP contribution < -0.4 is 10.2 Å². The highest BCUT2D eigenvalue weighted by atomic mass is 35.5. The Morgan fingerprint density at radius 2 is 2.03 bits per heavy atom. The van der Waals surface area contributed by atoms with Gasteiger partial charge in [-0.25, -0.2) is 19.1 Å². The van der Waals surface area contributed by atoms with Crippen molar-refractivity contribution in [3.63, 3.8) is 0 Å². The molecular weight excluding hydrogens is 418 g/mol. The molecule has 0 unspecified atom stereocenters. The number of anilines is 2. The SMILES string of the molecule is Cc1nn(C)c2ncc(N(C=O)C(=O)Nc3ccc(F)c(C(F)(F)F)c3)c(Cl)c12. The number of halogens is 5. The van der Waals surface area contributed by atoms with Gasteiger partial charge in [0.2, 0.25) is 6.41 Å². The number of amides is 3. The number of nitrogens with one attached hydrogen (secondary N) is 1. The van der Waals surface area contributed by atoms with E-state index >= 15 is 0 Å². The van der Waals surface area contributed by atoms with E-state index in [2.05, 4.69) is 15.4 Å². The lowest BCUT2D eigenvalue weighted by atomic mass is 10.2. The Hall–Kier alpha value is -3.21. The van der Waals surface area contributed by atoms with Crippen LogP contribution in [-0.2, 0) is 18.0 Å². The van der Waals surface area contributed by atoms with Crippen LogP contribution in [0.1, 0.15) is 11.3 Å². The first-order valence-corrected chi connectivity index (χ1v) is 8.32. The van der Waals surface area contributed by atoms with Crippen LogP contribution in [0, 0.1) is 12.7 Å². The third-order valence-corrected chi connectivity index (χ3v) is 4.43. The van der Waals surface area contributed by atoms with Crippen LogP contribution in [0.4, 0.5) is 33.7 Å². The number of carbonyl (C=O) groups excluding carboxylic acids is 2. The standard InChI is InChI=1S/C17H12ClF4N5O2/c1-8-13-14(18)12(6-23-15(13)26(2)25-8)27(7-28)16(29)24-9-3-4-11(19)10(5-9)17(20,21)22/h3-7H,1-2H3,(H,24,29). The number of nitrogens with zero attached hydrogens (tertiary/aromatic N) is 4. The Labute approximate surface area is 165 Å². The topological polar surface area (TPSA) is 80.1 Å². The lowest BCUT2D eigenvalue weighted by Gasteiger charge is -2.18. The second kappa shape index (κ2) is 7.32. The fourth-order valence-electron chi connectivity index (χ4n) is 2.74. The molecular formula is C17H12ClF4N5O2. The summed E-state index contributed by atoms with van der Waals surface area (Å²) < 4.78 is 53.4. The smallest absolute Gasteiger partial charge is 0.307 e. The Morgan fingerprint density at radius 1 is 1.34 bits per heavy atom. The maximum Gasteiger partial charge on any atom is 0.419 e. The maximum atomic E-state index is 13.4. The molecule has 0 fully saturated rings. The zero-order valence-electron chi connectivity index (χ0n) is 14.9. The number of imide groups is 1. The zero-order chi connectivity index (χ0) is 21.5. The van der Waals surface area contributed by atoms with E-state index in [1.807, 2.05) is 0 Å². The molecule has 1 N–H and O–H groups in total. The van der Waals surface area contributed by atoms with E-state index in [1.54, 1.807) is 14.0 Å². The van der Waals surface area contributed by atoms with Gasteiger partial charge in [-0.05, 0) is 25.1 Å². The van der Waals surface area contributed by atoms with Crippen molar-refractivity contribution in [2.45, 2.75) is 13.1 Å². The highest BCUT2D eigenvalue weighted by Gasteiger charge is 2.34. The van der Waals surface area contributed by atoms with E-state index in [9.17, 15) is 27.2 Å². The van der Waals surface area contributed by atoms with E-state index < -0.39 is 23.6 Å². The first-order valence-electron chi connectivity index (χ1n) is 7.94. The molecule has 0 aliphatic rings. The number of pyridine rings is 1. The number of hydrogen-bond acceptors (Lipinski definition) is 4. The Morgan fingerprint density at radius 3 is 2.66 bits per heavy atom.